The second-order valence-electron chi connectivity index (χ2n) is 3.53. The molecule has 0 spiro atoms. The average Bonchev–Trinajstić information content (AvgIpc) is 2.75. The minimum absolute atomic E-state index is 0.584. The van der Waals surface area contributed by atoms with Crippen LogP contribution >= 0.6 is 23.2 Å². The van der Waals surface area contributed by atoms with Crippen LogP contribution in [0.2, 0.25) is 10.0 Å². The molecular formula is C12H7Cl2N3. The molecule has 0 bridgehead atoms. The molecule has 0 atom stereocenters. The topological polar surface area (TPSA) is 30.7 Å². The fourth-order valence-corrected chi connectivity index (χ4v) is 2.13. The molecule has 84 valence electrons. The fraction of sp³-hybridized carbons (Fsp3) is 0. The molecule has 3 nitrogen and oxygen atoms in total. The van der Waals surface area contributed by atoms with Crippen molar-refractivity contribution in [2.75, 3.05) is 0 Å². The van der Waals surface area contributed by atoms with Gasteiger partial charge in [0.05, 0.1) is 15.7 Å². The molecule has 0 saturated carbocycles. The zero-order valence-corrected chi connectivity index (χ0v) is 10.2. The Kier molecular flexibility index (Phi) is 2.50. The Balaban J connectivity index is 2.33. The maximum atomic E-state index is 6.15. The van der Waals surface area contributed by atoms with Crippen LogP contribution in [-0.2, 0) is 0 Å². The highest BCUT2D eigenvalue weighted by molar-refractivity contribution is 6.35. The Labute approximate surface area is 108 Å². The van der Waals surface area contributed by atoms with E-state index in [0.29, 0.717) is 21.2 Å². The summed E-state index contributed by atoms with van der Waals surface area (Å²) in [4.78, 5) is 8.52. The maximum Gasteiger partial charge on any atom is 0.166 e. The number of rotatable bonds is 1. The summed E-state index contributed by atoms with van der Waals surface area (Å²) in [6, 6.07) is 9.25. The van der Waals surface area contributed by atoms with Gasteiger partial charge in [0.15, 0.2) is 5.65 Å². The quantitative estimate of drug-likeness (QED) is 0.670. The van der Waals surface area contributed by atoms with Gasteiger partial charge in [0.25, 0.3) is 0 Å². The predicted molar refractivity (Wildman–Crippen MR) is 68.9 cm³/mol. The van der Waals surface area contributed by atoms with Crippen LogP contribution in [0, 0.1) is 0 Å². The van der Waals surface area contributed by atoms with Crippen LogP contribution in [0.4, 0.5) is 0 Å². The minimum atomic E-state index is 0.584. The average molecular weight is 264 g/mol. The standard InChI is InChI=1S/C12H7Cl2N3/c13-8-3-1-2-4-10(8)17-7-16-11-9(14)5-6-15-12(11)17/h1-7H. The molecule has 2 aromatic heterocycles. The zero-order chi connectivity index (χ0) is 11.8. The molecule has 0 N–H and O–H groups in total. The van der Waals surface area contributed by atoms with E-state index in [0.717, 1.165) is 5.69 Å². The maximum absolute atomic E-state index is 6.15. The molecular weight excluding hydrogens is 257 g/mol. The lowest BCUT2D eigenvalue weighted by Crippen LogP contribution is -1.94. The Hall–Kier alpha value is -1.58. The van der Waals surface area contributed by atoms with Crippen molar-refractivity contribution in [1.82, 2.24) is 14.5 Å². The summed E-state index contributed by atoms with van der Waals surface area (Å²) in [6.07, 6.45) is 3.32. The third kappa shape index (κ3) is 1.68. The third-order valence-electron chi connectivity index (χ3n) is 2.50. The van der Waals surface area contributed by atoms with E-state index in [9.17, 15) is 0 Å². The Bertz CT molecular complexity index is 691. The molecule has 17 heavy (non-hydrogen) atoms. The number of para-hydroxylation sites is 1. The first kappa shape index (κ1) is 10.6. The third-order valence-corrected chi connectivity index (χ3v) is 3.12. The molecule has 0 amide bonds. The zero-order valence-electron chi connectivity index (χ0n) is 8.64. The molecule has 0 saturated heterocycles. The van der Waals surface area contributed by atoms with Crippen molar-refractivity contribution in [1.29, 1.82) is 0 Å². The second-order valence-corrected chi connectivity index (χ2v) is 4.35. The molecule has 0 fully saturated rings. The first-order valence-corrected chi connectivity index (χ1v) is 5.75. The monoisotopic (exact) mass is 263 g/mol. The van der Waals surface area contributed by atoms with E-state index >= 15 is 0 Å². The second kappa shape index (κ2) is 4.02. The van der Waals surface area contributed by atoms with Gasteiger partial charge in [0.1, 0.15) is 11.8 Å². The van der Waals surface area contributed by atoms with Crippen molar-refractivity contribution in [3.63, 3.8) is 0 Å². The van der Waals surface area contributed by atoms with Crippen LogP contribution in [0.5, 0.6) is 0 Å². The summed E-state index contributed by atoms with van der Waals surface area (Å²) in [5.74, 6) is 0. The molecule has 1 aromatic carbocycles. The summed E-state index contributed by atoms with van der Waals surface area (Å²) in [7, 11) is 0. The summed E-state index contributed by atoms with van der Waals surface area (Å²) >= 11 is 12.2. The summed E-state index contributed by atoms with van der Waals surface area (Å²) in [5, 5.41) is 1.23. The van der Waals surface area contributed by atoms with Crippen molar-refractivity contribution in [3.05, 3.63) is 52.9 Å². The number of pyridine rings is 1. The number of fused-ring (bicyclic) bond motifs is 1. The van der Waals surface area contributed by atoms with Crippen LogP contribution in [0.15, 0.2) is 42.9 Å². The fourth-order valence-electron chi connectivity index (χ4n) is 1.71. The van der Waals surface area contributed by atoms with Crippen LogP contribution < -0.4 is 0 Å². The van der Waals surface area contributed by atoms with Crippen LogP contribution in [0.1, 0.15) is 0 Å². The van der Waals surface area contributed by atoms with Gasteiger partial charge in [-0.15, -0.1) is 0 Å². The summed E-state index contributed by atoms with van der Waals surface area (Å²) < 4.78 is 1.82. The Morgan fingerprint density at radius 1 is 0.941 bits per heavy atom. The van der Waals surface area contributed by atoms with Gasteiger partial charge in [-0.05, 0) is 18.2 Å². The van der Waals surface area contributed by atoms with Crippen molar-refractivity contribution >= 4 is 34.4 Å². The molecule has 0 radical (unpaired) electrons. The first-order valence-electron chi connectivity index (χ1n) is 5.00. The van der Waals surface area contributed by atoms with Gasteiger partial charge in [0.2, 0.25) is 0 Å². The number of benzene rings is 1. The number of hydrogen-bond donors (Lipinski definition) is 0. The smallest absolute Gasteiger partial charge is 0.166 e. The van der Waals surface area contributed by atoms with Crippen molar-refractivity contribution in [2.45, 2.75) is 0 Å². The van der Waals surface area contributed by atoms with E-state index < -0.39 is 0 Å². The number of imidazole rings is 1. The van der Waals surface area contributed by atoms with Gasteiger partial charge < -0.3 is 0 Å². The van der Waals surface area contributed by atoms with E-state index in [2.05, 4.69) is 9.97 Å². The Morgan fingerprint density at radius 2 is 1.76 bits per heavy atom. The van der Waals surface area contributed by atoms with Crippen LogP contribution in [-0.4, -0.2) is 14.5 Å². The number of aromatic nitrogens is 3. The highest BCUT2D eigenvalue weighted by Crippen LogP contribution is 2.25. The number of nitrogens with zero attached hydrogens (tertiary/aromatic N) is 3. The Morgan fingerprint density at radius 3 is 2.59 bits per heavy atom. The van der Waals surface area contributed by atoms with Gasteiger partial charge in [-0.2, -0.15) is 0 Å². The van der Waals surface area contributed by atoms with E-state index in [1.807, 2.05) is 28.8 Å². The molecule has 2 heterocycles. The van der Waals surface area contributed by atoms with Crippen molar-refractivity contribution < 1.29 is 0 Å². The predicted octanol–water partition coefficient (Wildman–Crippen LogP) is 3.73. The van der Waals surface area contributed by atoms with Crippen molar-refractivity contribution in [2.24, 2.45) is 0 Å². The molecule has 0 aliphatic rings. The highest BCUT2D eigenvalue weighted by atomic mass is 35.5. The molecule has 5 heteroatoms. The highest BCUT2D eigenvalue weighted by Gasteiger charge is 2.10. The molecule has 0 unspecified atom stereocenters. The van der Waals surface area contributed by atoms with Crippen LogP contribution in [0.3, 0.4) is 0 Å². The first-order chi connectivity index (χ1) is 8.27. The van der Waals surface area contributed by atoms with Crippen molar-refractivity contribution in [3.8, 4) is 5.69 Å². The molecule has 3 rings (SSSR count). The minimum Gasteiger partial charge on any atom is -0.282 e. The van der Waals surface area contributed by atoms with Gasteiger partial charge in [0, 0.05) is 6.20 Å². The SMILES string of the molecule is Clc1ccccc1-n1cnc2c(Cl)ccnc21. The summed E-state index contributed by atoms with van der Waals surface area (Å²) in [5.41, 5.74) is 2.21. The number of hydrogen-bond acceptors (Lipinski definition) is 2. The molecule has 0 aliphatic carbocycles. The molecule has 3 aromatic rings. The lowest BCUT2D eigenvalue weighted by atomic mass is 10.3. The van der Waals surface area contributed by atoms with Gasteiger partial charge in [-0.25, -0.2) is 9.97 Å². The number of halogens is 2. The van der Waals surface area contributed by atoms with Gasteiger partial charge in [-0.3, -0.25) is 4.57 Å². The van der Waals surface area contributed by atoms with E-state index in [-0.39, 0.29) is 0 Å². The van der Waals surface area contributed by atoms with Gasteiger partial charge >= 0.3 is 0 Å². The van der Waals surface area contributed by atoms with E-state index in [4.69, 9.17) is 23.2 Å². The lowest BCUT2D eigenvalue weighted by molar-refractivity contribution is 1.07. The normalized spacial score (nSPS) is 10.9. The lowest BCUT2D eigenvalue weighted by Gasteiger charge is -2.05. The summed E-state index contributed by atoms with van der Waals surface area (Å²) in [6.45, 7) is 0. The molecule has 0 aliphatic heterocycles. The van der Waals surface area contributed by atoms with E-state index in [1.54, 1.807) is 18.6 Å². The largest absolute Gasteiger partial charge is 0.282 e. The van der Waals surface area contributed by atoms with E-state index in [1.165, 1.54) is 0 Å². The van der Waals surface area contributed by atoms with Gasteiger partial charge in [-0.1, -0.05) is 35.3 Å². The van der Waals surface area contributed by atoms with Crippen LogP contribution in [0.25, 0.3) is 16.9 Å².